The molecule has 3 rings (SSSR count). The zero-order chi connectivity index (χ0) is 20.5. The predicted molar refractivity (Wildman–Crippen MR) is 93.7 cm³/mol. The smallest absolute Gasteiger partial charge is 0.354 e. The summed E-state index contributed by atoms with van der Waals surface area (Å²) < 4.78 is 42.6. The van der Waals surface area contributed by atoms with Crippen LogP contribution < -0.4 is 10.6 Å². The SMILES string of the molecule is CNC(=O)c1nn(C)cc1NC(=O)Cn1nc(C(F)(F)F)c2c1CCCCC2. The highest BCUT2D eigenvalue weighted by Crippen LogP contribution is 2.35. The Labute approximate surface area is 159 Å². The number of rotatable bonds is 4. The van der Waals surface area contributed by atoms with Gasteiger partial charge in [0.15, 0.2) is 11.4 Å². The number of hydrogen-bond donors (Lipinski definition) is 2. The molecule has 0 saturated heterocycles. The van der Waals surface area contributed by atoms with E-state index in [2.05, 4.69) is 20.8 Å². The number of anilines is 1. The molecule has 8 nitrogen and oxygen atoms in total. The molecule has 2 N–H and O–H groups in total. The number of carbonyl (C=O) groups is 2. The molecule has 2 aromatic rings. The van der Waals surface area contributed by atoms with Gasteiger partial charge in [0.1, 0.15) is 6.54 Å². The molecular weight excluding hydrogens is 377 g/mol. The average molecular weight is 398 g/mol. The van der Waals surface area contributed by atoms with Gasteiger partial charge in [-0.1, -0.05) is 6.42 Å². The monoisotopic (exact) mass is 398 g/mol. The van der Waals surface area contributed by atoms with Gasteiger partial charge in [0.05, 0.1) is 5.69 Å². The summed E-state index contributed by atoms with van der Waals surface area (Å²) in [5.74, 6) is -1.07. The number of carbonyl (C=O) groups excluding carboxylic acids is 2. The molecule has 2 amide bonds. The topological polar surface area (TPSA) is 93.8 Å². The first-order valence-corrected chi connectivity index (χ1v) is 8.92. The molecule has 0 bridgehead atoms. The van der Waals surface area contributed by atoms with E-state index in [1.807, 2.05) is 0 Å². The van der Waals surface area contributed by atoms with Crippen molar-refractivity contribution in [3.8, 4) is 0 Å². The van der Waals surface area contributed by atoms with Crippen LogP contribution in [0.4, 0.5) is 18.9 Å². The lowest BCUT2D eigenvalue weighted by Crippen LogP contribution is -2.24. The Balaban J connectivity index is 1.85. The minimum Gasteiger partial charge on any atom is -0.354 e. The van der Waals surface area contributed by atoms with Crippen LogP contribution in [0.1, 0.15) is 46.7 Å². The summed E-state index contributed by atoms with van der Waals surface area (Å²) in [6.45, 7) is -0.375. The van der Waals surface area contributed by atoms with E-state index in [4.69, 9.17) is 0 Å². The summed E-state index contributed by atoms with van der Waals surface area (Å²) in [7, 11) is 3.02. The Morgan fingerprint density at radius 2 is 1.89 bits per heavy atom. The minimum atomic E-state index is -4.56. The van der Waals surface area contributed by atoms with Crippen molar-refractivity contribution in [2.45, 2.75) is 44.8 Å². The first-order chi connectivity index (χ1) is 13.2. The maximum Gasteiger partial charge on any atom is 0.435 e. The highest BCUT2D eigenvalue weighted by Gasteiger charge is 2.39. The molecule has 11 heteroatoms. The fourth-order valence-electron chi connectivity index (χ4n) is 3.40. The number of alkyl halides is 3. The quantitative estimate of drug-likeness (QED) is 0.770. The zero-order valence-corrected chi connectivity index (χ0v) is 15.6. The molecule has 2 aromatic heterocycles. The van der Waals surface area contributed by atoms with Gasteiger partial charge in [-0.25, -0.2) is 0 Å². The van der Waals surface area contributed by atoms with Gasteiger partial charge in [0.25, 0.3) is 5.91 Å². The third-order valence-electron chi connectivity index (χ3n) is 4.61. The molecule has 0 atom stereocenters. The van der Waals surface area contributed by atoms with Crippen LogP contribution in [0.15, 0.2) is 6.20 Å². The summed E-state index contributed by atoms with van der Waals surface area (Å²) in [5.41, 5.74) is -0.0673. The van der Waals surface area contributed by atoms with E-state index in [9.17, 15) is 22.8 Å². The lowest BCUT2D eigenvalue weighted by Gasteiger charge is -2.08. The molecule has 28 heavy (non-hydrogen) atoms. The van der Waals surface area contributed by atoms with Gasteiger partial charge in [0, 0.05) is 31.5 Å². The highest BCUT2D eigenvalue weighted by molar-refractivity contribution is 6.02. The molecule has 2 heterocycles. The van der Waals surface area contributed by atoms with Crippen LogP contribution in [-0.4, -0.2) is 38.4 Å². The van der Waals surface area contributed by atoms with Gasteiger partial charge >= 0.3 is 6.18 Å². The Hall–Kier alpha value is -2.85. The standard InChI is InChI=1S/C17H21F3N6O2/c1-21-16(28)14-11(8-25(2)23-14)22-13(27)9-26-12-7-5-3-4-6-10(12)15(24-26)17(18,19)20/h8H,3-7,9H2,1-2H3,(H,21,28)(H,22,27). The predicted octanol–water partition coefficient (Wildman–Crippen LogP) is 1.90. The maximum absolute atomic E-state index is 13.4. The van der Waals surface area contributed by atoms with Crippen LogP contribution in [0, 0.1) is 0 Å². The number of halogens is 3. The minimum absolute atomic E-state index is 0.0219. The van der Waals surface area contributed by atoms with E-state index in [1.54, 1.807) is 7.05 Å². The Kier molecular flexibility index (Phi) is 5.43. The van der Waals surface area contributed by atoms with E-state index < -0.39 is 23.7 Å². The number of amides is 2. The second kappa shape index (κ2) is 7.64. The lowest BCUT2D eigenvalue weighted by molar-refractivity contribution is -0.142. The Bertz CT molecular complexity index is 900. The van der Waals surface area contributed by atoms with E-state index in [0.29, 0.717) is 25.0 Å². The van der Waals surface area contributed by atoms with Gasteiger partial charge < -0.3 is 10.6 Å². The third-order valence-corrected chi connectivity index (χ3v) is 4.61. The van der Waals surface area contributed by atoms with E-state index in [0.717, 1.165) is 17.5 Å². The van der Waals surface area contributed by atoms with Crippen molar-refractivity contribution in [2.75, 3.05) is 12.4 Å². The molecule has 0 fully saturated rings. The highest BCUT2D eigenvalue weighted by atomic mass is 19.4. The molecule has 0 spiro atoms. The molecule has 152 valence electrons. The molecule has 1 aliphatic carbocycles. The van der Waals surface area contributed by atoms with Crippen molar-refractivity contribution in [1.29, 1.82) is 0 Å². The summed E-state index contributed by atoms with van der Waals surface area (Å²) in [4.78, 5) is 24.3. The van der Waals surface area contributed by atoms with Crippen molar-refractivity contribution >= 4 is 17.5 Å². The Morgan fingerprint density at radius 1 is 1.18 bits per heavy atom. The molecule has 0 aromatic carbocycles. The van der Waals surface area contributed by atoms with Gasteiger partial charge in [-0.05, 0) is 25.7 Å². The number of aryl methyl sites for hydroxylation is 1. The van der Waals surface area contributed by atoms with Gasteiger partial charge in [-0.3, -0.25) is 19.0 Å². The first kappa shape index (κ1) is 19.9. The fourth-order valence-corrected chi connectivity index (χ4v) is 3.40. The van der Waals surface area contributed by atoms with Crippen LogP contribution in [0.25, 0.3) is 0 Å². The normalized spacial score (nSPS) is 14.3. The van der Waals surface area contributed by atoms with Gasteiger partial charge in [-0.2, -0.15) is 23.4 Å². The number of nitrogens with one attached hydrogen (secondary N) is 2. The third kappa shape index (κ3) is 4.02. The largest absolute Gasteiger partial charge is 0.435 e. The Morgan fingerprint density at radius 3 is 2.57 bits per heavy atom. The van der Waals surface area contributed by atoms with Crippen LogP contribution in [0.5, 0.6) is 0 Å². The lowest BCUT2D eigenvalue weighted by atomic mass is 10.1. The van der Waals surface area contributed by atoms with E-state index in [1.165, 1.54) is 17.9 Å². The molecule has 0 saturated carbocycles. The van der Waals surface area contributed by atoms with Crippen molar-refractivity contribution < 1.29 is 22.8 Å². The summed E-state index contributed by atoms with van der Waals surface area (Å²) >= 11 is 0. The van der Waals surface area contributed by atoms with E-state index >= 15 is 0 Å². The number of aromatic nitrogens is 4. The van der Waals surface area contributed by atoms with Crippen LogP contribution in [-0.2, 0) is 37.4 Å². The number of fused-ring (bicyclic) bond motifs is 1. The molecule has 1 aliphatic rings. The van der Waals surface area contributed by atoms with Gasteiger partial charge in [0.2, 0.25) is 5.91 Å². The molecule has 0 radical (unpaired) electrons. The van der Waals surface area contributed by atoms with Crippen LogP contribution in [0.3, 0.4) is 0 Å². The maximum atomic E-state index is 13.4. The van der Waals surface area contributed by atoms with Gasteiger partial charge in [-0.15, -0.1) is 0 Å². The zero-order valence-electron chi connectivity index (χ0n) is 15.6. The molecule has 0 aliphatic heterocycles. The summed E-state index contributed by atoms with van der Waals surface area (Å²) in [6, 6.07) is 0. The van der Waals surface area contributed by atoms with Crippen molar-refractivity contribution in [2.24, 2.45) is 7.05 Å². The molecular formula is C17H21F3N6O2. The fraction of sp³-hybridized carbons (Fsp3) is 0.529. The average Bonchev–Trinajstić information content (AvgIpc) is 3.04. The molecule has 0 unspecified atom stereocenters. The van der Waals surface area contributed by atoms with E-state index in [-0.39, 0.29) is 23.5 Å². The van der Waals surface area contributed by atoms with Crippen molar-refractivity contribution in [3.63, 3.8) is 0 Å². The number of hydrogen-bond acceptors (Lipinski definition) is 4. The second-order valence-corrected chi connectivity index (χ2v) is 6.68. The number of nitrogens with zero attached hydrogens (tertiary/aromatic N) is 4. The summed E-state index contributed by atoms with van der Waals surface area (Å²) in [5, 5.41) is 12.6. The van der Waals surface area contributed by atoms with Crippen molar-refractivity contribution in [1.82, 2.24) is 24.9 Å². The van der Waals surface area contributed by atoms with Crippen molar-refractivity contribution in [3.05, 3.63) is 28.8 Å². The van der Waals surface area contributed by atoms with Crippen LogP contribution >= 0.6 is 0 Å². The summed E-state index contributed by atoms with van der Waals surface area (Å²) in [6.07, 6.45) is -0.111. The second-order valence-electron chi connectivity index (χ2n) is 6.68. The first-order valence-electron chi connectivity index (χ1n) is 8.92. The van der Waals surface area contributed by atoms with Crippen LogP contribution in [0.2, 0.25) is 0 Å².